The summed E-state index contributed by atoms with van der Waals surface area (Å²) in [5, 5.41) is 6.28. The monoisotopic (exact) mass is 463 g/mol. The molecule has 1 aliphatic carbocycles. The van der Waals surface area contributed by atoms with Gasteiger partial charge in [0.2, 0.25) is 5.95 Å². The van der Waals surface area contributed by atoms with Gasteiger partial charge in [0.25, 0.3) is 0 Å². The van der Waals surface area contributed by atoms with Crippen LogP contribution in [0.2, 0.25) is 5.02 Å². The van der Waals surface area contributed by atoms with E-state index in [1.807, 2.05) is 0 Å². The van der Waals surface area contributed by atoms with Crippen LogP contribution in [0.5, 0.6) is 0 Å². The van der Waals surface area contributed by atoms with Crippen molar-refractivity contribution >= 4 is 17.5 Å². The Kier molecular flexibility index (Phi) is 5.83. The molecule has 2 aromatic rings. The van der Waals surface area contributed by atoms with Crippen LogP contribution < -0.4 is 16.7 Å². The van der Waals surface area contributed by atoms with Crippen molar-refractivity contribution in [3.05, 3.63) is 84.4 Å². The SMILES string of the molecule is CC1(F)OC2=C(CC(Nc3nc(=O)n(CCN=O)c(=O)n3Cc3ccc(Cl)cc3)C=C2)O1. The number of allylic oxidation sites excluding steroid dienone is 1. The Balaban J connectivity index is 1.65. The topological polar surface area (TPSA) is 117 Å². The number of nitroso groups, excluding NO2 is 1. The predicted molar refractivity (Wildman–Crippen MR) is 114 cm³/mol. The molecule has 2 atom stereocenters. The number of anilines is 1. The summed E-state index contributed by atoms with van der Waals surface area (Å²) in [4.78, 5) is 40.0. The lowest BCUT2D eigenvalue weighted by molar-refractivity contribution is -0.234. The zero-order valence-corrected chi connectivity index (χ0v) is 17.7. The molecule has 0 spiro atoms. The van der Waals surface area contributed by atoms with Crippen LogP contribution in [0, 0.1) is 4.91 Å². The lowest BCUT2D eigenvalue weighted by atomic mass is 10.1. The van der Waals surface area contributed by atoms with Crippen LogP contribution in [0.4, 0.5) is 10.3 Å². The van der Waals surface area contributed by atoms with E-state index in [0.717, 1.165) is 17.1 Å². The molecular formula is C20H19ClFN5O5. The summed E-state index contributed by atoms with van der Waals surface area (Å²) in [6, 6.07) is 4.15. The van der Waals surface area contributed by atoms with E-state index in [0.29, 0.717) is 10.8 Å². The van der Waals surface area contributed by atoms with Crippen LogP contribution in [-0.2, 0) is 22.6 Å². The van der Waals surface area contributed by atoms with Gasteiger partial charge in [-0.05, 0) is 23.8 Å². The highest BCUT2D eigenvalue weighted by molar-refractivity contribution is 6.30. The van der Waals surface area contributed by atoms with E-state index in [-0.39, 0.29) is 37.8 Å². The molecule has 1 aromatic carbocycles. The molecule has 32 heavy (non-hydrogen) atoms. The number of hydrogen-bond donors (Lipinski definition) is 1. The molecule has 1 aliphatic heterocycles. The summed E-state index contributed by atoms with van der Waals surface area (Å²) in [6.07, 6.45) is 3.48. The van der Waals surface area contributed by atoms with Gasteiger partial charge >= 0.3 is 17.4 Å². The zero-order valence-electron chi connectivity index (χ0n) is 17.0. The fourth-order valence-electron chi connectivity index (χ4n) is 3.44. The first-order valence-electron chi connectivity index (χ1n) is 9.76. The maximum atomic E-state index is 14.0. The molecule has 12 heteroatoms. The number of aromatic nitrogens is 3. The van der Waals surface area contributed by atoms with Crippen LogP contribution in [0.3, 0.4) is 0 Å². The summed E-state index contributed by atoms with van der Waals surface area (Å²) in [5.41, 5.74) is -0.725. The highest BCUT2D eigenvalue weighted by atomic mass is 35.5. The van der Waals surface area contributed by atoms with Crippen LogP contribution in [-0.4, -0.2) is 32.7 Å². The standard InChI is InChI=1S/C20H19ClFN5O5/c1-20(22)31-15-7-6-14(10-16(15)32-20)24-17-25-18(28)26(9-8-23-30)19(29)27(17)11-12-2-4-13(21)5-3-12/h2-7,14H,8-11H2,1H3,(H,24,25,28). The van der Waals surface area contributed by atoms with Crippen LogP contribution >= 0.6 is 11.6 Å². The summed E-state index contributed by atoms with van der Waals surface area (Å²) in [5.74, 6) is 0.620. The number of benzene rings is 1. The zero-order chi connectivity index (χ0) is 22.9. The second kappa shape index (κ2) is 8.58. The number of ether oxygens (including phenoxy) is 2. The van der Waals surface area contributed by atoms with Gasteiger partial charge in [-0.25, -0.2) is 14.2 Å². The second-order valence-electron chi connectivity index (χ2n) is 7.36. The molecule has 2 heterocycles. The van der Waals surface area contributed by atoms with E-state index in [4.69, 9.17) is 21.1 Å². The van der Waals surface area contributed by atoms with Gasteiger partial charge in [0, 0.05) is 18.4 Å². The Morgan fingerprint density at radius 1 is 1.28 bits per heavy atom. The number of halogens is 2. The minimum atomic E-state index is -2.24. The molecule has 0 amide bonds. The van der Waals surface area contributed by atoms with E-state index < -0.39 is 23.5 Å². The maximum Gasteiger partial charge on any atom is 0.404 e. The van der Waals surface area contributed by atoms with E-state index in [2.05, 4.69) is 15.5 Å². The quantitative estimate of drug-likeness (QED) is 0.627. The normalized spacial score (nSPS) is 21.7. The first-order chi connectivity index (χ1) is 15.3. The van der Waals surface area contributed by atoms with Crippen molar-refractivity contribution in [3.63, 3.8) is 0 Å². The van der Waals surface area contributed by atoms with Crippen LogP contribution in [0.25, 0.3) is 0 Å². The van der Waals surface area contributed by atoms with Crippen molar-refractivity contribution in [3.8, 4) is 0 Å². The third kappa shape index (κ3) is 4.57. The van der Waals surface area contributed by atoms with Crippen molar-refractivity contribution in [1.29, 1.82) is 0 Å². The van der Waals surface area contributed by atoms with Gasteiger partial charge in [-0.15, -0.1) is 0 Å². The molecule has 1 aromatic heterocycles. The minimum absolute atomic E-state index is 0.0193. The van der Waals surface area contributed by atoms with Crippen LogP contribution in [0.1, 0.15) is 18.9 Å². The van der Waals surface area contributed by atoms with Gasteiger partial charge in [-0.1, -0.05) is 35.0 Å². The largest absolute Gasteiger partial charge is 0.427 e. The summed E-state index contributed by atoms with van der Waals surface area (Å²) >= 11 is 5.93. The maximum absolute atomic E-state index is 14.0. The molecule has 168 valence electrons. The number of nitrogens with one attached hydrogen (secondary N) is 1. The van der Waals surface area contributed by atoms with Gasteiger partial charge in [0.05, 0.1) is 25.7 Å². The predicted octanol–water partition coefficient (Wildman–Crippen LogP) is 2.52. The number of alkyl halides is 1. The molecular weight excluding hydrogens is 445 g/mol. The van der Waals surface area contributed by atoms with E-state index in [1.54, 1.807) is 36.4 Å². The lowest BCUT2D eigenvalue weighted by Crippen LogP contribution is -2.44. The Bertz CT molecular complexity index is 1220. The average Bonchev–Trinajstić information content (AvgIpc) is 3.05. The Hall–Kier alpha value is -3.47. The van der Waals surface area contributed by atoms with Crippen molar-refractivity contribution in [2.24, 2.45) is 5.18 Å². The molecule has 10 nitrogen and oxygen atoms in total. The van der Waals surface area contributed by atoms with Gasteiger partial charge in [0.1, 0.15) is 5.76 Å². The fourth-order valence-corrected chi connectivity index (χ4v) is 3.56. The Morgan fingerprint density at radius 2 is 2.03 bits per heavy atom. The van der Waals surface area contributed by atoms with Crippen molar-refractivity contribution in [1.82, 2.24) is 14.1 Å². The third-order valence-electron chi connectivity index (χ3n) is 4.89. The average molecular weight is 464 g/mol. The van der Waals surface area contributed by atoms with Gasteiger partial charge < -0.3 is 14.8 Å². The molecule has 4 rings (SSSR count). The molecule has 0 fully saturated rings. The molecule has 1 N–H and O–H groups in total. The smallest absolute Gasteiger partial charge is 0.404 e. The highest BCUT2D eigenvalue weighted by Gasteiger charge is 2.39. The molecule has 0 saturated heterocycles. The van der Waals surface area contributed by atoms with E-state index in [9.17, 15) is 18.9 Å². The third-order valence-corrected chi connectivity index (χ3v) is 5.14. The Morgan fingerprint density at radius 3 is 2.75 bits per heavy atom. The Labute approximate surface area is 185 Å². The fraction of sp³-hybridized carbons (Fsp3) is 0.350. The molecule has 0 saturated carbocycles. The van der Waals surface area contributed by atoms with Gasteiger partial charge in [-0.3, -0.25) is 4.57 Å². The highest BCUT2D eigenvalue weighted by Crippen LogP contribution is 2.37. The van der Waals surface area contributed by atoms with E-state index >= 15 is 0 Å². The summed E-state index contributed by atoms with van der Waals surface area (Å²) in [7, 11) is 0. The van der Waals surface area contributed by atoms with Crippen LogP contribution in [0.15, 0.2) is 62.7 Å². The van der Waals surface area contributed by atoms with Gasteiger partial charge in [-0.2, -0.15) is 14.3 Å². The summed E-state index contributed by atoms with van der Waals surface area (Å²) in [6.45, 7) is 0.814. The van der Waals surface area contributed by atoms with Crippen molar-refractivity contribution in [2.45, 2.75) is 38.5 Å². The van der Waals surface area contributed by atoms with Crippen molar-refractivity contribution in [2.75, 3.05) is 11.9 Å². The summed E-state index contributed by atoms with van der Waals surface area (Å²) < 4.78 is 26.3. The van der Waals surface area contributed by atoms with Gasteiger partial charge in [0.15, 0.2) is 5.76 Å². The number of hydrogen-bond acceptors (Lipinski definition) is 8. The second-order valence-corrected chi connectivity index (χ2v) is 7.79. The lowest BCUT2D eigenvalue weighted by Gasteiger charge is -2.21. The van der Waals surface area contributed by atoms with Crippen molar-refractivity contribution < 1.29 is 13.9 Å². The molecule has 0 bridgehead atoms. The number of rotatable bonds is 7. The molecule has 0 radical (unpaired) electrons. The van der Waals surface area contributed by atoms with E-state index in [1.165, 1.54) is 4.57 Å². The molecule has 2 unspecified atom stereocenters. The molecule has 2 aliphatic rings. The first kappa shape index (κ1) is 21.8. The number of nitrogens with zero attached hydrogens (tertiary/aromatic N) is 4. The minimum Gasteiger partial charge on any atom is -0.427 e. The first-order valence-corrected chi connectivity index (χ1v) is 10.1.